The molecule has 0 aliphatic heterocycles. The first-order valence-corrected chi connectivity index (χ1v) is 3.69. The van der Waals surface area contributed by atoms with Crippen molar-refractivity contribution in [2.24, 2.45) is 5.73 Å². The number of rotatable bonds is 1. The second-order valence-electron chi connectivity index (χ2n) is 3.11. The van der Waals surface area contributed by atoms with Crippen molar-refractivity contribution in [1.29, 1.82) is 0 Å². The monoisotopic (exact) mass is 150 g/mol. The summed E-state index contributed by atoms with van der Waals surface area (Å²) in [6, 6.07) is 3.64. The second kappa shape index (κ2) is 1.95. The topological polar surface area (TPSA) is 53.0 Å². The van der Waals surface area contributed by atoms with E-state index in [4.69, 9.17) is 5.73 Å². The quantitative estimate of drug-likeness (QED) is 0.461. The van der Waals surface area contributed by atoms with Crippen LogP contribution >= 0.6 is 0 Å². The van der Waals surface area contributed by atoms with E-state index in [1.54, 1.807) is 12.3 Å². The van der Waals surface area contributed by atoms with Crippen LogP contribution in [-0.2, 0) is 5.54 Å². The van der Waals surface area contributed by atoms with Gasteiger partial charge in [0.2, 0.25) is 0 Å². The normalized spacial score (nSPS) is 19.7. The average molecular weight is 150 g/mol. The molecule has 0 bridgehead atoms. The lowest BCUT2D eigenvalue weighted by Gasteiger charge is -2.06. The number of nitrogens with zero attached hydrogens (tertiary/aromatic N) is 1. The molecule has 3 nitrogen and oxygen atoms in total. The molecule has 11 heavy (non-hydrogen) atoms. The molecule has 1 aromatic rings. The number of pyridine rings is 1. The number of aromatic nitrogens is 1. The Morgan fingerprint density at radius 1 is 1.55 bits per heavy atom. The van der Waals surface area contributed by atoms with Crippen molar-refractivity contribution in [3.05, 3.63) is 35.3 Å². The van der Waals surface area contributed by atoms with Crippen molar-refractivity contribution in [2.75, 3.05) is 0 Å². The highest BCUT2D eigenvalue weighted by molar-refractivity contribution is 5.24. The van der Waals surface area contributed by atoms with Gasteiger partial charge in [-0.1, -0.05) is 0 Å². The van der Waals surface area contributed by atoms with E-state index in [1.165, 1.54) is 6.20 Å². The minimum atomic E-state index is -0.187. The highest BCUT2D eigenvalue weighted by Gasteiger charge is 2.41. The molecule has 1 saturated carbocycles. The van der Waals surface area contributed by atoms with E-state index in [0.717, 1.165) is 23.1 Å². The van der Waals surface area contributed by atoms with E-state index in [0.29, 0.717) is 0 Å². The first-order valence-electron chi connectivity index (χ1n) is 3.69. The van der Waals surface area contributed by atoms with E-state index in [2.05, 4.69) is 0 Å². The van der Waals surface area contributed by atoms with Crippen LogP contribution in [0.15, 0.2) is 24.5 Å². The third-order valence-corrected chi connectivity index (χ3v) is 2.14. The molecule has 2 N–H and O–H groups in total. The number of hydrogen-bond donors (Lipinski definition) is 1. The van der Waals surface area contributed by atoms with Crippen molar-refractivity contribution >= 4 is 0 Å². The molecule has 1 aliphatic carbocycles. The molecule has 0 radical (unpaired) electrons. The van der Waals surface area contributed by atoms with Crippen LogP contribution in [-0.4, -0.2) is 0 Å². The van der Waals surface area contributed by atoms with Crippen LogP contribution in [0.5, 0.6) is 0 Å². The predicted molar refractivity (Wildman–Crippen MR) is 40.5 cm³/mol. The van der Waals surface area contributed by atoms with E-state index >= 15 is 0 Å². The molecule has 1 heterocycles. The third kappa shape index (κ3) is 1.07. The summed E-state index contributed by atoms with van der Waals surface area (Å²) in [5.41, 5.74) is 6.65. The number of hydrogen-bond acceptors (Lipinski definition) is 2. The Balaban J connectivity index is 2.38. The SMILES string of the molecule is NC1(c2ccc[n+]([O-])c2)CC1. The lowest BCUT2D eigenvalue weighted by Crippen LogP contribution is -2.29. The molecule has 2 rings (SSSR count). The smallest absolute Gasteiger partial charge is 0.185 e. The molecule has 0 aromatic carbocycles. The average Bonchev–Trinajstić information content (AvgIpc) is 2.70. The molecule has 1 fully saturated rings. The van der Waals surface area contributed by atoms with Gasteiger partial charge in [-0.3, -0.25) is 0 Å². The molecule has 0 unspecified atom stereocenters. The summed E-state index contributed by atoms with van der Waals surface area (Å²) in [6.07, 6.45) is 5.01. The molecule has 1 aromatic heterocycles. The van der Waals surface area contributed by atoms with Gasteiger partial charge in [-0.2, -0.15) is 4.73 Å². The van der Waals surface area contributed by atoms with Crippen LogP contribution < -0.4 is 10.5 Å². The zero-order valence-electron chi connectivity index (χ0n) is 6.16. The van der Waals surface area contributed by atoms with Gasteiger partial charge in [-0.15, -0.1) is 0 Å². The van der Waals surface area contributed by atoms with Crippen LogP contribution in [0, 0.1) is 5.21 Å². The summed E-state index contributed by atoms with van der Waals surface area (Å²) in [7, 11) is 0. The van der Waals surface area contributed by atoms with Gasteiger partial charge in [0.15, 0.2) is 12.4 Å². The highest BCUT2D eigenvalue weighted by atomic mass is 16.5. The number of nitrogens with two attached hydrogens (primary N) is 1. The predicted octanol–water partition coefficient (Wildman–Crippen LogP) is 0.268. The van der Waals surface area contributed by atoms with Gasteiger partial charge >= 0.3 is 0 Å². The van der Waals surface area contributed by atoms with Crippen molar-refractivity contribution in [3.63, 3.8) is 0 Å². The third-order valence-electron chi connectivity index (χ3n) is 2.14. The van der Waals surface area contributed by atoms with Crippen molar-refractivity contribution < 1.29 is 4.73 Å². The maximum atomic E-state index is 10.8. The fourth-order valence-corrected chi connectivity index (χ4v) is 1.17. The van der Waals surface area contributed by atoms with Gasteiger partial charge in [-0.25, -0.2) is 0 Å². The maximum absolute atomic E-state index is 10.8. The van der Waals surface area contributed by atoms with Gasteiger partial charge in [-0.05, 0) is 18.9 Å². The van der Waals surface area contributed by atoms with Crippen molar-refractivity contribution in [1.82, 2.24) is 0 Å². The summed E-state index contributed by atoms with van der Waals surface area (Å²) in [5.74, 6) is 0. The fraction of sp³-hybridized carbons (Fsp3) is 0.375. The second-order valence-corrected chi connectivity index (χ2v) is 3.11. The van der Waals surface area contributed by atoms with Gasteiger partial charge in [0.25, 0.3) is 0 Å². The first kappa shape index (κ1) is 6.61. The van der Waals surface area contributed by atoms with E-state index < -0.39 is 0 Å². The Hall–Kier alpha value is -1.09. The summed E-state index contributed by atoms with van der Waals surface area (Å²) in [4.78, 5) is 0. The maximum Gasteiger partial charge on any atom is 0.185 e. The van der Waals surface area contributed by atoms with E-state index in [9.17, 15) is 5.21 Å². The molecule has 58 valence electrons. The molecular weight excluding hydrogens is 140 g/mol. The van der Waals surface area contributed by atoms with Gasteiger partial charge in [0.05, 0.1) is 0 Å². The Labute approximate surface area is 65.0 Å². The van der Waals surface area contributed by atoms with Gasteiger partial charge in [0, 0.05) is 17.2 Å². The molecule has 0 saturated heterocycles. The Morgan fingerprint density at radius 3 is 2.82 bits per heavy atom. The molecule has 0 amide bonds. The minimum absolute atomic E-state index is 0.187. The summed E-state index contributed by atoms with van der Waals surface area (Å²) < 4.78 is 0.794. The molecule has 1 aliphatic rings. The standard InChI is InChI=1S/C8H10N2O/c9-8(3-4-8)7-2-1-5-10(11)6-7/h1-2,5-6H,3-4,9H2. The molecular formula is C8H10N2O. The largest absolute Gasteiger partial charge is 0.619 e. The molecule has 3 heteroatoms. The van der Waals surface area contributed by atoms with Gasteiger partial charge < -0.3 is 10.9 Å². The molecule has 0 spiro atoms. The van der Waals surface area contributed by atoms with E-state index in [-0.39, 0.29) is 5.54 Å². The Morgan fingerprint density at radius 2 is 2.27 bits per heavy atom. The van der Waals surface area contributed by atoms with Crippen LogP contribution in [0.25, 0.3) is 0 Å². The summed E-state index contributed by atoms with van der Waals surface area (Å²) in [6.45, 7) is 0. The lowest BCUT2D eigenvalue weighted by atomic mass is 10.1. The van der Waals surface area contributed by atoms with Gasteiger partial charge in [0.1, 0.15) is 0 Å². The fourth-order valence-electron chi connectivity index (χ4n) is 1.17. The van der Waals surface area contributed by atoms with Crippen LogP contribution in [0.4, 0.5) is 0 Å². The minimum Gasteiger partial charge on any atom is -0.619 e. The van der Waals surface area contributed by atoms with Crippen LogP contribution in [0.1, 0.15) is 18.4 Å². The van der Waals surface area contributed by atoms with Crippen molar-refractivity contribution in [2.45, 2.75) is 18.4 Å². The summed E-state index contributed by atoms with van der Waals surface area (Å²) in [5, 5.41) is 10.8. The first-order chi connectivity index (χ1) is 5.21. The van der Waals surface area contributed by atoms with Crippen LogP contribution in [0.3, 0.4) is 0 Å². The van der Waals surface area contributed by atoms with Crippen LogP contribution in [0.2, 0.25) is 0 Å². The highest BCUT2D eigenvalue weighted by Crippen LogP contribution is 2.41. The Bertz CT molecular complexity index is 281. The lowest BCUT2D eigenvalue weighted by molar-refractivity contribution is -0.606. The molecule has 0 atom stereocenters. The zero-order valence-corrected chi connectivity index (χ0v) is 6.16. The Kier molecular flexibility index (Phi) is 1.17. The summed E-state index contributed by atoms with van der Waals surface area (Å²) >= 11 is 0. The van der Waals surface area contributed by atoms with Crippen molar-refractivity contribution in [3.8, 4) is 0 Å². The zero-order chi connectivity index (χ0) is 7.90. The van der Waals surface area contributed by atoms with E-state index in [1.807, 2.05) is 6.07 Å².